The van der Waals surface area contributed by atoms with Gasteiger partial charge in [-0.3, -0.25) is 14.3 Å². The molecule has 3 aliphatic rings. The Bertz CT molecular complexity index is 821. The molecular weight excluding hydrogens is 330 g/mol. The van der Waals surface area contributed by atoms with Crippen LogP contribution in [-0.4, -0.2) is 44.3 Å². The van der Waals surface area contributed by atoms with Gasteiger partial charge in [-0.2, -0.15) is 0 Å². The molecule has 2 atom stereocenters. The normalized spacial score (nSPS) is 27.7. The fraction of sp³-hybridized carbons (Fsp3) is 0.500. The number of nitrogens with zero attached hydrogens (tertiary/aromatic N) is 1. The molecule has 0 aliphatic carbocycles. The number of rotatable bonds is 1. The van der Waals surface area contributed by atoms with Gasteiger partial charge in [-0.15, -0.1) is 0 Å². The number of anilines is 1. The minimum Gasteiger partial charge on any atom is -0.351 e. The summed E-state index contributed by atoms with van der Waals surface area (Å²) in [5, 5.41) is 3.01. The van der Waals surface area contributed by atoms with E-state index >= 15 is 0 Å². The Balaban J connectivity index is 1.59. The molecule has 8 heteroatoms. The maximum Gasteiger partial charge on any atom is 0.254 e. The summed E-state index contributed by atoms with van der Waals surface area (Å²) in [5.41, 5.74) is 1.60. The number of likely N-dealkylation sites (tertiary alicyclic amines) is 1. The van der Waals surface area contributed by atoms with Gasteiger partial charge in [0.05, 0.1) is 17.4 Å². The molecule has 2 bridgehead atoms. The average molecular weight is 349 g/mol. The summed E-state index contributed by atoms with van der Waals surface area (Å²) in [6.07, 6.45) is 2.68. The van der Waals surface area contributed by atoms with E-state index in [1.165, 1.54) is 0 Å². The number of hydrogen-bond donors (Lipinski definition) is 2. The fourth-order valence-corrected chi connectivity index (χ4v) is 5.00. The lowest BCUT2D eigenvalue weighted by Gasteiger charge is -2.27. The zero-order chi connectivity index (χ0) is 16.9. The number of amides is 2. The Morgan fingerprint density at radius 2 is 2.04 bits per heavy atom. The van der Waals surface area contributed by atoms with Gasteiger partial charge in [0.15, 0.2) is 0 Å². The standard InChI is InChI=1S/C16H19N3O4S/c20-15-11-2-1-3-13(17-15)8-19(7-11)16(21)10-4-5-12-9-24(22,23)18-14(12)6-10/h4-6,11,13,18H,1-3,7-9H2,(H,17,20). The van der Waals surface area contributed by atoms with E-state index in [0.717, 1.165) is 19.3 Å². The van der Waals surface area contributed by atoms with Crippen LogP contribution >= 0.6 is 0 Å². The molecule has 1 aromatic carbocycles. The second kappa shape index (κ2) is 5.47. The molecule has 3 heterocycles. The van der Waals surface area contributed by atoms with E-state index in [-0.39, 0.29) is 29.5 Å². The molecule has 0 aromatic heterocycles. The van der Waals surface area contributed by atoms with Crippen LogP contribution in [0, 0.1) is 5.92 Å². The zero-order valence-electron chi connectivity index (χ0n) is 13.1. The first-order valence-corrected chi connectivity index (χ1v) is 9.79. The van der Waals surface area contributed by atoms with E-state index in [4.69, 9.17) is 0 Å². The Morgan fingerprint density at radius 1 is 1.21 bits per heavy atom. The van der Waals surface area contributed by atoms with Crippen molar-refractivity contribution in [3.8, 4) is 0 Å². The van der Waals surface area contributed by atoms with E-state index in [1.54, 1.807) is 23.1 Å². The summed E-state index contributed by atoms with van der Waals surface area (Å²) in [6.45, 7) is 0.924. The first-order chi connectivity index (χ1) is 11.4. The molecule has 7 nitrogen and oxygen atoms in total. The van der Waals surface area contributed by atoms with Crippen molar-refractivity contribution in [3.63, 3.8) is 0 Å². The lowest BCUT2D eigenvalue weighted by molar-refractivity contribution is -0.124. The molecule has 24 heavy (non-hydrogen) atoms. The monoisotopic (exact) mass is 349 g/mol. The van der Waals surface area contributed by atoms with Crippen LogP contribution < -0.4 is 10.0 Å². The second-order valence-corrected chi connectivity index (χ2v) is 8.50. The summed E-state index contributed by atoms with van der Waals surface area (Å²) in [6, 6.07) is 4.95. The molecule has 2 amide bonds. The van der Waals surface area contributed by atoms with Crippen LogP contribution in [0.5, 0.6) is 0 Å². The highest BCUT2D eigenvalue weighted by molar-refractivity contribution is 7.92. The van der Waals surface area contributed by atoms with Gasteiger partial charge in [0.25, 0.3) is 5.91 Å². The average Bonchev–Trinajstić information content (AvgIpc) is 2.61. The minimum atomic E-state index is -3.33. The molecule has 3 aliphatic heterocycles. The van der Waals surface area contributed by atoms with Crippen molar-refractivity contribution in [2.75, 3.05) is 17.8 Å². The van der Waals surface area contributed by atoms with Gasteiger partial charge < -0.3 is 10.2 Å². The first kappa shape index (κ1) is 15.4. The highest BCUT2D eigenvalue weighted by atomic mass is 32.2. The number of carbonyl (C=O) groups excluding carboxylic acids is 2. The van der Waals surface area contributed by atoms with Crippen molar-refractivity contribution in [2.24, 2.45) is 5.92 Å². The Morgan fingerprint density at radius 3 is 2.88 bits per heavy atom. The van der Waals surface area contributed by atoms with Crippen LogP contribution in [0.1, 0.15) is 35.2 Å². The van der Waals surface area contributed by atoms with Crippen molar-refractivity contribution >= 4 is 27.5 Å². The molecule has 2 saturated heterocycles. The summed E-state index contributed by atoms with van der Waals surface area (Å²) < 4.78 is 25.7. The number of sulfonamides is 1. The van der Waals surface area contributed by atoms with Gasteiger partial charge >= 0.3 is 0 Å². The number of nitrogens with one attached hydrogen (secondary N) is 2. The van der Waals surface area contributed by atoms with E-state index in [9.17, 15) is 18.0 Å². The zero-order valence-corrected chi connectivity index (χ0v) is 13.9. The van der Waals surface area contributed by atoms with E-state index < -0.39 is 10.0 Å². The molecule has 2 unspecified atom stereocenters. The van der Waals surface area contributed by atoms with Crippen LogP contribution in [0.3, 0.4) is 0 Å². The maximum atomic E-state index is 12.9. The molecule has 0 saturated carbocycles. The van der Waals surface area contributed by atoms with Crippen LogP contribution in [0.2, 0.25) is 0 Å². The van der Waals surface area contributed by atoms with Gasteiger partial charge in [-0.05, 0) is 30.5 Å². The molecule has 4 rings (SSSR count). The summed E-state index contributed by atoms with van der Waals surface area (Å²) >= 11 is 0. The third-order valence-electron chi connectivity index (χ3n) is 4.96. The lowest BCUT2D eigenvalue weighted by Crippen LogP contribution is -2.41. The van der Waals surface area contributed by atoms with Crippen molar-refractivity contribution in [1.29, 1.82) is 0 Å². The number of hydrogen-bond acceptors (Lipinski definition) is 4. The third-order valence-corrected chi connectivity index (χ3v) is 6.18. The first-order valence-electron chi connectivity index (χ1n) is 8.14. The van der Waals surface area contributed by atoms with Crippen molar-refractivity contribution < 1.29 is 18.0 Å². The number of carbonyl (C=O) groups is 2. The Labute approximate surface area is 140 Å². The van der Waals surface area contributed by atoms with Crippen molar-refractivity contribution in [3.05, 3.63) is 29.3 Å². The van der Waals surface area contributed by atoms with Gasteiger partial charge in [0, 0.05) is 24.7 Å². The smallest absolute Gasteiger partial charge is 0.254 e. The Hall–Kier alpha value is -2.09. The quantitative estimate of drug-likeness (QED) is 0.779. The maximum absolute atomic E-state index is 12.9. The fourth-order valence-electron chi connectivity index (χ4n) is 3.74. The van der Waals surface area contributed by atoms with Gasteiger partial charge in [-0.25, -0.2) is 8.42 Å². The Kier molecular flexibility index (Phi) is 3.52. The topological polar surface area (TPSA) is 95.6 Å². The minimum absolute atomic E-state index is 0.00174. The van der Waals surface area contributed by atoms with E-state index in [2.05, 4.69) is 10.0 Å². The second-order valence-electron chi connectivity index (χ2n) is 6.78. The highest BCUT2D eigenvalue weighted by Gasteiger charge is 2.35. The molecule has 0 radical (unpaired) electrons. The summed E-state index contributed by atoms with van der Waals surface area (Å²) in [5.74, 6) is -0.329. The van der Waals surface area contributed by atoms with Crippen molar-refractivity contribution in [2.45, 2.75) is 31.1 Å². The number of fused-ring (bicyclic) bond motifs is 4. The lowest BCUT2D eigenvalue weighted by atomic mass is 9.98. The largest absolute Gasteiger partial charge is 0.351 e. The molecule has 2 N–H and O–H groups in total. The summed E-state index contributed by atoms with van der Waals surface area (Å²) in [4.78, 5) is 26.7. The molecular formula is C16H19N3O4S. The molecule has 1 aromatic rings. The van der Waals surface area contributed by atoms with E-state index in [0.29, 0.717) is 29.9 Å². The third kappa shape index (κ3) is 2.75. The van der Waals surface area contributed by atoms with Crippen LogP contribution in [0.15, 0.2) is 18.2 Å². The highest BCUT2D eigenvalue weighted by Crippen LogP contribution is 2.29. The molecule has 2 fully saturated rings. The predicted molar refractivity (Wildman–Crippen MR) is 87.9 cm³/mol. The summed E-state index contributed by atoms with van der Waals surface area (Å²) in [7, 11) is -3.33. The van der Waals surface area contributed by atoms with Crippen LogP contribution in [0.4, 0.5) is 5.69 Å². The van der Waals surface area contributed by atoms with Gasteiger partial charge in [0.1, 0.15) is 0 Å². The van der Waals surface area contributed by atoms with Gasteiger partial charge in [0.2, 0.25) is 15.9 Å². The van der Waals surface area contributed by atoms with Gasteiger partial charge in [-0.1, -0.05) is 12.5 Å². The van der Waals surface area contributed by atoms with Crippen LogP contribution in [-0.2, 0) is 20.6 Å². The predicted octanol–water partition coefficient (Wildman–Crippen LogP) is 0.683. The molecule has 128 valence electrons. The van der Waals surface area contributed by atoms with E-state index in [1.807, 2.05) is 0 Å². The molecule has 0 spiro atoms. The van der Waals surface area contributed by atoms with Crippen LogP contribution in [0.25, 0.3) is 0 Å². The SMILES string of the molecule is O=C1NC2CCCC1CN(C(=O)c1ccc3c(c1)NS(=O)(=O)C3)C2. The van der Waals surface area contributed by atoms with Crippen molar-refractivity contribution in [1.82, 2.24) is 10.2 Å². The number of benzene rings is 1.